The normalized spacial score (nSPS) is 19.7. The molecule has 0 aromatic carbocycles. The predicted molar refractivity (Wildman–Crippen MR) is 63.7 cm³/mol. The van der Waals surface area contributed by atoms with Crippen molar-refractivity contribution in [3.05, 3.63) is 0 Å². The Balaban J connectivity index is 2.42. The predicted octanol–water partition coefficient (Wildman–Crippen LogP) is 3.26. The maximum Gasteiger partial charge on any atom is 0.225 e. The first kappa shape index (κ1) is 12.5. The number of carbonyl (C=O) groups excluding carboxylic acids is 1. The van der Waals surface area contributed by atoms with E-state index in [1.807, 2.05) is 13.8 Å². The van der Waals surface area contributed by atoms with Crippen molar-refractivity contribution in [2.24, 2.45) is 5.41 Å². The summed E-state index contributed by atoms with van der Waals surface area (Å²) < 4.78 is 0. The lowest BCUT2D eigenvalue weighted by Crippen LogP contribution is -2.42. The van der Waals surface area contributed by atoms with Gasteiger partial charge < -0.3 is 5.32 Å². The van der Waals surface area contributed by atoms with Crippen molar-refractivity contribution in [1.82, 2.24) is 5.32 Å². The van der Waals surface area contributed by atoms with Gasteiger partial charge in [0.2, 0.25) is 5.91 Å². The monoisotopic (exact) mass is 211 g/mol. The molecule has 1 aliphatic rings. The summed E-state index contributed by atoms with van der Waals surface area (Å²) in [6.07, 6.45) is 8.48. The molecule has 1 amide bonds. The van der Waals surface area contributed by atoms with Gasteiger partial charge in [0.1, 0.15) is 0 Å². The van der Waals surface area contributed by atoms with Gasteiger partial charge in [-0.05, 0) is 19.3 Å². The molecule has 1 rings (SSSR count). The van der Waals surface area contributed by atoms with E-state index >= 15 is 0 Å². The average molecular weight is 211 g/mol. The van der Waals surface area contributed by atoms with Crippen LogP contribution in [-0.2, 0) is 4.79 Å². The molecular weight excluding hydrogens is 186 g/mol. The summed E-state index contributed by atoms with van der Waals surface area (Å²) in [5.74, 6) is 0.233. The summed E-state index contributed by atoms with van der Waals surface area (Å²) in [4.78, 5) is 12.0. The first-order valence-corrected chi connectivity index (χ1v) is 6.37. The Labute approximate surface area is 93.8 Å². The van der Waals surface area contributed by atoms with E-state index in [4.69, 9.17) is 0 Å². The van der Waals surface area contributed by atoms with Crippen LogP contribution in [0.2, 0.25) is 0 Å². The van der Waals surface area contributed by atoms with Crippen molar-refractivity contribution in [2.45, 2.75) is 71.8 Å². The Morgan fingerprint density at radius 3 is 2.20 bits per heavy atom. The van der Waals surface area contributed by atoms with Crippen LogP contribution in [0.5, 0.6) is 0 Å². The largest absolute Gasteiger partial charge is 0.353 e. The van der Waals surface area contributed by atoms with Gasteiger partial charge in [0.15, 0.2) is 0 Å². The molecule has 2 heteroatoms. The van der Waals surface area contributed by atoms with Crippen LogP contribution in [-0.4, -0.2) is 11.9 Å². The topological polar surface area (TPSA) is 29.1 Å². The second-order valence-electron chi connectivity index (χ2n) is 5.40. The summed E-state index contributed by atoms with van der Waals surface area (Å²) in [6.45, 7) is 6.13. The van der Waals surface area contributed by atoms with Gasteiger partial charge in [0.25, 0.3) is 0 Å². The maximum absolute atomic E-state index is 12.0. The van der Waals surface area contributed by atoms with Crippen LogP contribution < -0.4 is 5.32 Å². The molecule has 2 nitrogen and oxygen atoms in total. The molecule has 0 unspecified atom stereocenters. The third kappa shape index (κ3) is 3.84. The summed E-state index contributed by atoms with van der Waals surface area (Å²) in [5.41, 5.74) is -0.202. The van der Waals surface area contributed by atoms with Crippen LogP contribution in [0.4, 0.5) is 0 Å². The van der Waals surface area contributed by atoms with Crippen LogP contribution in [0.3, 0.4) is 0 Å². The summed E-state index contributed by atoms with van der Waals surface area (Å²) >= 11 is 0. The van der Waals surface area contributed by atoms with Gasteiger partial charge in [-0.15, -0.1) is 0 Å². The molecule has 0 aromatic heterocycles. The Hall–Kier alpha value is -0.530. The Morgan fingerprint density at radius 1 is 1.20 bits per heavy atom. The van der Waals surface area contributed by atoms with Crippen molar-refractivity contribution < 1.29 is 4.79 Å². The standard InChI is InChI=1S/C13H25NO/c1-4-13(2,3)12(15)14-11-9-7-5-6-8-10-11/h11H,4-10H2,1-3H3,(H,14,15). The second-order valence-corrected chi connectivity index (χ2v) is 5.40. The van der Waals surface area contributed by atoms with E-state index in [0.717, 1.165) is 6.42 Å². The van der Waals surface area contributed by atoms with Crippen molar-refractivity contribution in [3.8, 4) is 0 Å². The smallest absolute Gasteiger partial charge is 0.225 e. The SMILES string of the molecule is CCC(C)(C)C(=O)NC1CCCCCC1. The van der Waals surface area contributed by atoms with Crippen LogP contribution in [0, 0.1) is 5.41 Å². The third-order valence-corrected chi connectivity index (χ3v) is 3.69. The molecule has 1 saturated carbocycles. The van der Waals surface area contributed by atoms with Gasteiger partial charge in [-0.1, -0.05) is 46.5 Å². The Kier molecular flexibility index (Phi) is 4.62. The zero-order chi connectivity index (χ0) is 11.3. The van der Waals surface area contributed by atoms with Crippen molar-refractivity contribution >= 4 is 5.91 Å². The Bertz CT molecular complexity index is 203. The molecule has 0 heterocycles. The molecule has 0 aliphatic heterocycles. The molecule has 1 aliphatic carbocycles. The first-order chi connectivity index (χ1) is 7.06. The minimum Gasteiger partial charge on any atom is -0.353 e. The van der Waals surface area contributed by atoms with Gasteiger partial charge in [0.05, 0.1) is 0 Å². The number of hydrogen-bond donors (Lipinski definition) is 1. The lowest BCUT2D eigenvalue weighted by molar-refractivity contribution is -0.130. The van der Waals surface area contributed by atoms with Gasteiger partial charge >= 0.3 is 0 Å². The molecule has 0 atom stereocenters. The molecule has 1 fully saturated rings. The number of amides is 1. The van der Waals surface area contributed by atoms with E-state index in [2.05, 4.69) is 12.2 Å². The molecule has 1 N–H and O–H groups in total. The molecule has 0 saturated heterocycles. The van der Waals surface area contributed by atoms with Gasteiger partial charge in [-0.2, -0.15) is 0 Å². The van der Waals surface area contributed by atoms with Crippen LogP contribution in [0.25, 0.3) is 0 Å². The first-order valence-electron chi connectivity index (χ1n) is 6.37. The molecule has 0 spiro atoms. The fourth-order valence-electron chi connectivity index (χ4n) is 1.97. The Morgan fingerprint density at radius 2 is 1.73 bits per heavy atom. The average Bonchev–Trinajstić information content (AvgIpc) is 2.46. The molecule has 0 aromatic rings. The number of nitrogens with one attached hydrogen (secondary N) is 1. The number of hydrogen-bond acceptors (Lipinski definition) is 1. The molecule has 15 heavy (non-hydrogen) atoms. The summed E-state index contributed by atoms with van der Waals surface area (Å²) in [7, 11) is 0. The van der Waals surface area contributed by atoms with Crippen molar-refractivity contribution in [3.63, 3.8) is 0 Å². The van der Waals surface area contributed by atoms with E-state index in [1.54, 1.807) is 0 Å². The second kappa shape index (κ2) is 5.53. The third-order valence-electron chi connectivity index (χ3n) is 3.69. The minimum absolute atomic E-state index is 0.202. The van der Waals surface area contributed by atoms with E-state index in [0.29, 0.717) is 6.04 Å². The lowest BCUT2D eigenvalue weighted by atomic mass is 9.88. The highest BCUT2D eigenvalue weighted by atomic mass is 16.2. The van der Waals surface area contributed by atoms with Crippen LogP contribution in [0.15, 0.2) is 0 Å². The van der Waals surface area contributed by atoms with E-state index in [9.17, 15) is 4.79 Å². The van der Waals surface area contributed by atoms with Gasteiger partial charge in [0, 0.05) is 11.5 Å². The highest BCUT2D eigenvalue weighted by Crippen LogP contribution is 2.22. The van der Waals surface area contributed by atoms with Crippen molar-refractivity contribution in [2.75, 3.05) is 0 Å². The molecular formula is C13H25NO. The zero-order valence-electron chi connectivity index (χ0n) is 10.4. The van der Waals surface area contributed by atoms with E-state index in [-0.39, 0.29) is 11.3 Å². The fourth-order valence-corrected chi connectivity index (χ4v) is 1.97. The lowest BCUT2D eigenvalue weighted by Gasteiger charge is -2.25. The quantitative estimate of drug-likeness (QED) is 0.713. The summed E-state index contributed by atoms with van der Waals surface area (Å²) in [5, 5.41) is 3.21. The fraction of sp³-hybridized carbons (Fsp3) is 0.923. The number of rotatable bonds is 3. The van der Waals surface area contributed by atoms with Crippen LogP contribution >= 0.6 is 0 Å². The zero-order valence-corrected chi connectivity index (χ0v) is 10.4. The van der Waals surface area contributed by atoms with Gasteiger partial charge in [-0.3, -0.25) is 4.79 Å². The molecule has 0 radical (unpaired) electrons. The van der Waals surface area contributed by atoms with E-state index in [1.165, 1.54) is 38.5 Å². The highest BCUT2D eigenvalue weighted by Gasteiger charge is 2.27. The van der Waals surface area contributed by atoms with Gasteiger partial charge in [-0.25, -0.2) is 0 Å². The van der Waals surface area contributed by atoms with Crippen LogP contribution in [0.1, 0.15) is 65.7 Å². The maximum atomic E-state index is 12.0. The molecule has 0 bridgehead atoms. The highest BCUT2D eigenvalue weighted by molar-refractivity contribution is 5.81. The minimum atomic E-state index is -0.202. The van der Waals surface area contributed by atoms with Crippen molar-refractivity contribution in [1.29, 1.82) is 0 Å². The number of carbonyl (C=O) groups is 1. The summed E-state index contributed by atoms with van der Waals surface area (Å²) in [6, 6.07) is 0.436. The molecule has 88 valence electrons. The van der Waals surface area contributed by atoms with E-state index < -0.39 is 0 Å².